The van der Waals surface area contributed by atoms with E-state index >= 15 is 0 Å². The predicted molar refractivity (Wildman–Crippen MR) is 87.6 cm³/mol. The second-order valence-corrected chi connectivity index (χ2v) is 5.31. The minimum Gasteiger partial charge on any atom is -0.342 e. The van der Waals surface area contributed by atoms with E-state index < -0.39 is 0 Å². The van der Waals surface area contributed by atoms with Crippen molar-refractivity contribution in [2.45, 2.75) is 26.8 Å². The van der Waals surface area contributed by atoms with Gasteiger partial charge in [0, 0.05) is 19.3 Å². The van der Waals surface area contributed by atoms with Gasteiger partial charge in [-0.25, -0.2) is 4.39 Å². The molecule has 2 nitrogen and oxygen atoms in total. The minimum atomic E-state index is -0.184. The number of rotatable bonds is 6. The molecule has 1 N–H and O–H groups in total. The highest BCUT2D eigenvalue weighted by Crippen LogP contribution is 2.29. The molecular weight excluding hydrogens is 263 g/mol. The molecule has 2 aromatic carbocycles. The number of benzene rings is 2. The third-order valence-electron chi connectivity index (χ3n) is 3.61. The first-order chi connectivity index (χ1) is 10.1. The summed E-state index contributed by atoms with van der Waals surface area (Å²) in [5.41, 5.74) is 3.73. The molecule has 0 aliphatic carbocycles. The SMILES string of the molecule is CCCNCc1ccc(N(C)c2ccccc2C)c(F)c1. The molecule has 0 fully saturated rings. The van der Waals surface area contributed by atoms with Crippen LogP contribution in [0.1, 0.15) is 24.5 Å². The van der Waals surface area contributed by atoms with Gasteiger partial charge in [-0.1, -0.05) is 31.2 Å². The van der Waals surface area contributed by atoms with Crippen LogP contribution in [-0.2, 0) is 6.54 Å². The highest BCUT2D eigenvalue weighted by atomic mass is 19.1. The molecule has 3 heteroatoms. The summed E-state index contributed by atoms with van der Waals surface area (Å²) in [6.07, 6.45) is 1.08. The summed E-state index contributed by atoms with van der Waals surface area (Å²) in [6.45, 7) is 5.81. The Kier molecular flexibility index (Phi) is 5.34. The summed E-state index contributed by atoms with van der Waals surface area (Å²) in [5.74, 6) is -0.184. The molecule has 2 aromatic rings. The van der Waals surface area contributed by atoms with Gasteiger partial charge in [-0.2, -0.15) is 0 Å². The Morgan fingerprint density at radius 2 is 1.86 bits per heavy atom. The van der Waals surface area contributed by atoms with Gasteiger partial charge in [0.2, 0.25) is 0 Å². The van der Waals surface area contributed by atoms with Gasteiger partial charge in [-0.3, -0.25) is 0 Å². The smallest absolute Gasteiger partial charge is 0.147 e. The number of anilines is 2. The first kappa shape index (κ1) is 15.5. The number of halogens is 1. The third kappa shape index (κ3) is 3.82. The molecule has 0 aliphatic rings. The van der Waals surface area contributed by atoms with Crippen LogP contribution in [0.4, 0.5) is 15.8 Å². The highest BCUT2D eigenvalue weighted by molar-refractivity contribution is 5.66. The molecule has 2 rings (SSSR count). The Balaban J connectivity index is 2.19. The van der Waals surface area contributed by atoms with Crippen molar-refractivity contribution in [2.75, 3.05) is 18.5 Å². The van der Waals surface area contributed by atoms with E-state index in [9.17, 15) is 4.39 Å². The van der Waals surface area contributed by atoms with Crippen molar-refractivity contribution >= 4 is 11.4 Å². The Morgan fingerprint density at radius 3 is 2.52 bits per heavy atom. The fraction of sp³-hybridized carbons (Fsp3) is 0.333. The van der Waals surface area contributed by atoms with Crippen LogP contribution in [0.3, 0.4) is 0 Å². The standard InChI is InChI=1S/C18H23FN2/c1-4-11-20-13-15-9-10-18(16(19)12-15)21(3)17-8-6-5-7-14(17)2/h5-10,12,20H,4,11,13H2,1-3H3. The van der Waals surface area contributed by atoms with E-state index in [-0.39, 0.29) is 5.82 Å². The lowest BCUT2D eigenvalue weighted by Gasteiger charge is -2.22. The van der Waals surface area contributed by atoms with Crippen molar-refractivity contribution in [2.24, 2.45) is 0 Å². The van der Waals surface area contributed by atoms with Gasteiger partial charge >= 0.3 is 0 Å². The van der Waals surface area contributed by atoms with Gasteiger partial charge in [0.15, 0.2) is 0 Å². The Morgan fingerprint density at radius 1 is 1.10 bits per heavy atom. The maximum Gasteiger partial charge on any atom is 0.147 e. The van der Waals surface area contributed by atoms with Crippen molar-refractivity contribution in [3.63, 3.8) is 0 Å². The average Bonchev–Trinajstić information content (AvgIpc) is 2.47. The zero-order valence-corrected chi connectivity index (χ0v) is 13.0. The predicted octanol–water partition coefficient (Wildman–Crippen LogP) is 4.40. The summed E-state index contributed by atoms with van der Waals surface area (Å²) in [7, 11) is 1.90. The summed E-state index contributed by atoms with van der Waals surface area (Å²) in [6, 6.07) is 13.5. The molecule has 0 saturated heterocycles. The molecule has 0 amide bonds. The first-order valence-electron chi connectivity index (χ1n) is 7.42. The van der Waals surface area contributed by atoms with Crippen molar-refractivity contribution in [1.82, 2.24) is 5.32 Å². The van der Waals surface area contributed by atoms with Gasteiger partial charge in [0.05, 0.1) is 5.69 Å². The Bertz CT molecular complexity index is 596. The Hall–Kier alpha value is -1.87. The molecular formula is C18H23FN2. The van der Waals surface area contributed by atoms with Crippen LogP contribution in [0.25, 0.3) is 0 Å². The molecule has 21 heavy (non-hydrogen) atoms. The van der Waals surface area contributed by atoms with Crippen LogP contribution >= 0.6 is 0 Å². The van der Waals surface area contributed by atoms with E-state index in [0.717, 1.165) is 29.8 Å². The molecule has 0 aromatic heterocycles. The van der Waals surface area contributed by atoms with Crippen LogP contribution in [0, 0.1) is 12.7 Å². The fourth-order valence-corrected chi connectivity index (χ4v) is 2.41. The molecule has 0 aliphatic heterocycles. The van der Waals surface area contributed by atoms with E-state index in [4.69, 9.17) is 0 Å². The van der Waals surface area contributed by atoms with Gasteiger partial charge in [-0.15, -0.1) is 0 Å². The number of aryl methyl sites for hydroxylation is 1. The molecule has 0 radical (unpaired) electrons. The van der Waals surface area contributed by atoms with Crippen LogP contribution in [0.2, 0.25) is 0 Å². The van der Waals surface area contributed by atoms with Crippen LogP contribution in [0.15, 0.2) is 42.5 Å². The lowest BCUT2D eigenvalue weighted by atomic mass is 10.1. The van der Waals surface area contributed by atoms with E-state index in [1.165, 1.54) is 0 Å². The number of nitrogens with one attached hydrogen (secondary N) is 1. The quantitative estimate of drug-likeness (QED) is 0.792. The number of nitrogens with zero attached hydrogens (tertiary/aromatic N) is 1. The molecule has 112 valence electrons. The largest absolute Gasteiger partial charge is 0.342 e. The highest BCUT2D eigenvalue weighted by Gasteiger charge is 2.11. The second-order valence-electron chi connectivity index (χ2n) is 5.31. The molecule has 0 saturated carbocycles. The van der Waals surface area contributed by atoms with Gasteiger partial charge in [-0.05, 0) is 49.2 Å². The van der Waals surface area contributed by atoms with Crippen molar-refractivity contribution < 1.29 is 4.39 Å². The lowest BCUT2D eigenvalue weighted by molar-refractivity contribution is 0.619. The fourth-order valence-electron chi connectivity index (χ4n) is 2.41. The zero-order valence-electron chi connectivity index (χ0n) is 13.0. The number of hydrogen-bond acceptors (Lipinski definition) is 2. The number of para-hydroxylation sites is 1. The lowest BCUT2D eigenvalue weighted by Crippen LogP contribution is -2.15. The molecule has 0 atom stereocenters. The normalized spacial score (nSPS) is 10.7. The van der Waals surface area contributed by atoms with Crippen molar-refractivity contribution in [3.8, 4) is 0 Å². The summed E-state index contributed by atoms with van der Waals surface area (Å²) in [5, 5.41) is 3.29. The minimum absolute atomic E-state index is 0.184. The number of hydrogen-bond donors (Lipinski definition) is 1. The van der Waals surface area contributed by atoms with Gasteiger partial charge in [0.1, 0.15) is 5.82 Å². The van der Waals surface area contributed by atoms with E-state index in [1.54, 1.807) is 6.07 Å². The molecule has 0 spiro atoms. The van der Waals surface area contributed by atoms with Crippen LogP contribution in [-0.4, -0.2) is 13.6 Å². The summed E-state index contributed by atoms with van der Waals surface area (Å²) >= 11 is 0. The van der Waals surface area contributed by atoms with E-state index in [2.05, 4.69) is 12.2 Å². The summed E-state index contributed by atoms with van der Waals surface area (Å²) in [4.78, 5) is 1.90. The van der Waals surface area contributed by atoms with Crippen molar-refractivity contribution in [3.05, 3.63) is 59.4 Å². The van der Waals surface area contributed by atoms with E-state index in [1.807, 2.05) is 55.3 Å². The van der Waals surface area contributed by atoms with Crippen LogP contribution in [0.5, 0.6) is 0 Å². The molecule has 0 heterocycles. The van der Waals surface area contributed by atoms with Crippen LogP contribution < -0.4 is 10.2 Å². The Labute approximate surface area is 126 Å². The van der Waals surface area contributed by atoms with Crippen molar-refractivity contribution in [1.29, 1.82) is 0 Å². The monoisotopic (exact) mass is 286 g/mol. The van der Waals surface area contributed by atoms with Gasteiger partial charge < -0.3 is 10.2 Å². The third-order valence-corrected chi connectivity index (χ3v) is 3.61. The first-order valence-corrected chi connectivity index (χ1v) is 7.42. The summed E-state index contributed by atoms with van der Waals surface area (Å²) < 4.78 is 14.4. The topological polar surface area (TPSA) is 15.3 Å². The maximum atomic E-state index is 14.4. The maximum absolute atomic E-state index is 14.4. The van der Waals surface area contributed by atoms with E-state index in [0.29, 0.717) is 12.2 Å². The van der Waals surface area contributed by atoms with Gasteiger partial charge in [0.25, 0.3) is 0 Å². The average molecular weight is 286 g/mol. The second kappa shape index (κ2) is 7.23. The molecule has 0 bridgehead atoms. The molecule has 0 unspecified atom stereocenters. The zero-order chi connectivity index (χ0) is 15.2.